The summed E-state index contributed by atoms with van der Waals surface area (Å²) in [5, 5.41) is 2.52. The van der Waals surface area contributed by atoms with Crippen LogP contribution in [0.1, 0.15) is 12.0 Å². The smallest absolute Gasteiger partial charge is 0.243 e. The molecule has 2 atom stereocenters. The molecule has 2 unspecified atom stereocenters. The number of sulfonamides is 1. The van der Waals surface area contributed by atoms with E-state index in [4.69, 9.17) is 0 Å². The van der Waals surface area contributed by atoms with Crippen LogP contribution in [0.3, 0.4) is 0 Å². The van der Waals surface area contributed by atoms with Crippen molar-refractivity contribution in [2.75, 3.05) is 6.54 Å². The summed E-state index contributed by atoms with van der Waals surface area (Å²) in [5.41, 5.74) is 0.461. The molecule has 0 aliphatic carbocycles. The predicted octanol–water partition coefficient (Wildman–Crippen LogP) is 3.14. The fourth-order valence-electron chi connectivity index (χ4n) is 3.02. The van der Waals surface area contributed by atoms with Crippen LogP contribution < -0.4 is 5.32 Å². The molecule has 150 valence electrons. The number of amides is 1. The van der Waals surface area contributed by atoms with Gasteiger partial charge in [-0.3, -0.25) is 4.79 Å². The number of carbonyl (C=O) groups is 1. The second-order valence-corrected chi connectivity index (χ2v) is 9.18. The minimum absolute atomic E-state index is 0.0485. The summed E-state index contributed by atoms with van der Waals surface area (Å²) in [5.74, 6) is -1.80. The van der Waals surface area contributed by atoms with Crippen LogP contribution in [-0.4, -0.2) is 37.4 Å². The number of hydrogen-bond donors (Lipinski definition) is 1. The Morgan fingerprint density at radius 1 is 1.14 bits per heavy atom. The lowest BCUT2D eigenvalue weighted by Gasteiger charge is -2.23. The van der Waals surface area contributed by atoms with Crippen molar-refractivity contribution in [3.63, 3.8) is 0 Å². The van der Waals surface area contributed by atoms with Crippen LogP contribution in [0.25, 0.3) is 0 Å². The van der Waals surface area contributed by atoms with Crippen molar-refractivity contribution < 1.29 is 26.4 Å². The lowest BCUT2D eigenvalue weighted by atomic mass is 10.2. The van der Waals surface area contributed by atoms with Crippen molar-refractivity contribution in [2.24, 2.45) is 0 Å². The number of alkyl halides is 1. The van der Waals surface area contributed by atoms with Crippen molar-refractivity contribution in [1.29, 1.82) is 0 Å². The molecule has 28 heavy (non-hydrogen) atoms. The highest BCUT2D eigenvalue weighted by molar-refractivity contribution is 9.10. The fourth-order valence-corrected chi connectivity index (χ4v) is 5.16. The maximum Gasteiger partial charge on any atom is 0.243 e. The van der Waals surface area contributed by atoms with Gasteiger partial charge in [0.05, 0.1) is 4.90 Å². The number of rotatable bonds is 5. The monoisotopic (exact) mass is 476 g/mol. The standard InChI is InChI=1S/C18H16BrF3N2O3S/c19-12-5-11(6-14(21)7-12)9-23-18(25)17-8-15(22)10-24(17)28(26,27)16-3-1-13(20)2-4-16/h1-7,15,17H,8-10H2,(H,23,25). The maximum absolute atomic E-state index is 14.0. The molecular formula is C18H16BrF3N2O3S. The Bertz CT molecular complexity index is 966. The average molecular weight is 477 g/mol. The summed E-state index contributed by atoms with van der Waals surface area (Å²) >= 11 is 3.14. The molecule has 1 amide bonds. The minimum atomic E-state index is -4.18. The Morgan fingerprint density at radius 2 is 1.82 bits per heavy atom. The van der Waals surface area contributed by atoms with Gasteiger partial charge in [-0.15, -0.1) is 0 Å². The van der Waals surface area contributed by atoms with Gasteiger partial charge in [0.1, 0.15) is 23.8 Å². The highest BCUT2D eigenvalue weighted by Crippen LogP contribution is 2.28. The van der Waals surface area contributed by atoms with E-state index in [0.29, 0.717) is 10.0 Å². The second-order valence-electron chi connectivity index (χ2n) is 6.37. The van der Waals surface area contributed by atoms with Gasteiger partial charge in [0, 0.05) is 24.0 Å². The highest BCUT2D eigenvalue weighted by Gasteiger charge is 2.44. The van der Waals surface area contributed by atoms with Gasteiger partial charge in [0.15, 0.2) is 0 Å². The first-order chi connectivity index (χ1) is 13.2. The van der Waals surface area contributed by atoms with Crippen LogP contribution in [0.15, 0.2) is 51.8 Å². The van der Waals surface area contributed by atoms with E-state index in [9.17, 15) is 26.4 Å². The van der Waals surface area contributed by atoms with Crippen molar-refractivity contribution >= 4 is 31.9 Å². The lowest BCUT2D eigenvalue weighted by Crippen LogP contribution is -2.45. The molecule has 1 heterocycles. The van der Waals surface area contributed by atoms with Gasteiger partial charge in [-0.25, -0.2) is 21.6 Å². The van der Waals surface area contributed by atoms with Crippen LogP contribution in [0, 0.1) is 11.6 Å². The summed E-state index contributed by atoms with van der Waals surface area (Å²) in [7, 11) is -4.18. The van der Waals surface area contributed by atoms with E-state index in [1.165, 1.54) is 12.1 Å². The highest BCUT2D eigenvalue weighted by atomic mass is 79.9. The molecule has 0 aromatic heterocycles. The third kappa shape index (κ3) is 4.56. The van der Waals surface area contributed by atoms with Crippen LogP contribution in [0.2, 0.25) is 0 Å². The van der Waals surface area contributed by atoms with Crippen molar-refractivity contribution in [2.45, 2.75) is 30.1 Å². The topological polar surface area (TPSA) is 66.5 Å². The van der Waals surface area contributed by atoms with E-state index in [-0.39, 0.29) is 17.9 Å². The molecule has 0 radical (unpaired) electrons. The van der Waals surface area contributed by atoms with E-state index >= 15 is 0 Å². The zero-order valence-electron chi connectivity index (χ0n) is 14.4. The molecule has 10 heteroatoms. The Kier molecular flexibility index (Phi) is 6.11. The Hall–Kier alpha value is -1.91. The molecular weight excluding hydrogens is 461 g/mol. The van der Waals surface area contributed by atoms with Gasteiger partial charge in [0.2, 0.25) is 15.9 Å². The van der Waals surface area contributed by atoms with Crippen molar-refractivity contribution in [3.05, 3.63) is 64.1 Å². The quantitative estimate of drug-likeness (QED) is 0.720. The molecule has 1 fully saturated rings. The first-order valence-electron chi connectivity index (χ1n) is 8.31. The summed E-state index contributed by atoms with van der Waals surface area (Å²) < 4.78 is 67.3. The largest absolute Gasteiger partial charge is 0.351 e. The molecule has 0 bridgehead atoms. The molecule has 2 aromatic carbocycles. The van der Waals surface area contributed by atoms with E-state index in [2.05, 4.69) is 21.2 Å². The number of nitrogens with one attached hydrogen (secondary N) is 1. The molecule has 2 aromatic rings. The number of halogens is 4. The van der Waals surface area contributed by atoms with Gasteiger partial charge in [-0.1, -0.05) is 15.9 Å². The van der Waals surface area contributed by atoms with E-state index < -0.39 is 46.3 Å². The molecule has 1 aliphatic rings. The SMILES string of the molecule is O=C(NCc1cc(F)cc(Br)c1)C1CC(F)CN1S(=O)(=O)c1ccc(F)cc1. The maximum atomic E-state index is 14.0. The molecule has 3 rings (SSSR count). The minimum Gasteiger partial charge on any atom is -0.351 e. The third-order valence-electron chi connectivity index (χ3n) is 4.32. The summed E-state index contributed by atoms with van der Waals surface area (Å²) in [6.45, 7) is -0.517. The number of nitrogens with zero attached hydrogens (tertiary/aromatic N) is 1. The number of carbonyl (C=O) groups excluding carboxylic acids is 1. The molecule has 1 saturated heterocycles. The summed E-state index contributed by atoms with van der Waals surface area (Å²) in [4.78, 5) is 12.3. The predicted molar refractivity (Wildman–Crippen MR) is 99.5 cm³/mol. The number of hydrogen-bond acceptors (Lipinski definition) is 3. The van der Waals surface area contributed by atoms with E-state index in [0.717, 1.165) is 28.6 Å². The summed E-state index contributed by atoms with van der Waals surface area (Å²) in [6, 6.07) is 6.92. The molecule has 5 nitrogen and oxygen atoms in total. The lowest BCUT2D eigenvalue weighted by molar-refractivity contribution is -0.124. The first-order valence-corrected chi connectivity index (χ1v) is 10.5. The van der Waals surface area contributed by atoms with E-state index in [1.54, 1.807) is 6.07 Å². The normalized spacial score (nSPS) is 20.3. The van der Waals surface area contributed by atoms with Gasteiger partial charge < -0.3 is 5.32 Å². The van der Waals surface area contributed by atoms with Crippen LogP contribution >= 0.6 is 15.9 Å². The second kappa shape index (κ2) is 8.22. The third-order valence-corrected chi connectivity index (χ3v) is 6.66. The number of benzene rings is 2. The van der Waals surface area contributed by atoms with Crippen molar-refractivity contribution in [3.8, 4) is 0 Å². The van der Waals surface area contributed by atoms with Gasteiger partial charge in [0.25, 0.3) is 0 Å². The average Bonchev–Trinajstić information content (AvgIpc) is 3.02. The molecule has 1 N–H and O–H groups in total. The fraction of sp³-hybridized carbons (Fsp3) is 0.278. The Labute approximate surface area is 168 Å². The Balaban J connectivity index is 1.77. The molecule has 0 saturated carbocycles. The van der Waals surface area contributed by atoms with Crippen molar-refractivity contribution in [1.82, 2.24) is 9.62 Å². The van der Waals surface area contributed by atoms with Crippen LogP contribution in [0.5, 0.6) is 0 Å². The van der Waals surface area contributed by atoms with Gasteiger partial charge >= 0.3 is 0 Å². The van der Waals surface area contributed by atoms with Crippen LogP contribution in [0.4, 0.5) is 13.2 Å². The molecule has 1 aliphatic heterocycles. The van der Waals surface area contributed by atoms with Crippen LogP contribution in [-0.2, 0) is 21.4 Å². The van der Waals surface area contributed by atoms with E-state index in [1.807, 2.05) is 0 Å². The zero-order valence-corrected chi connectivity index (χ0v) is 16.8. The first kappa shape index (κ1) is 20.8. The van der Waals surface area contributed by atoms with Gasteiger partial charge in [-0.2, -0.15) is 4.31 Å². The molecule has 0 spiro atoms. The summed E-state index contributed by atoms with van der Waals surface area (Å²) in [6.07, 6.45) is -1.80. The Morgan fingerprint density at radius 3 is 2.46 bits per heavy atom. The van der Waals surface area contributed by atoms with Gasteiger partial charge in [-0.05, 0) is 48.0 Å². The zero-order chi connectivity index (χ0) is 20.5.